The van der Waals surface area contributed by atoms with Gasteiger partial charge in [0.1, 0.15) is 0 Å². The number of carbonyl (C=O) groups excluding carboxylic acids is 1. The van der Waals surface area contributed by atoms with Crippen LogP contribution >= 0.6 is 23.1 Å². The number of hydrogen-bond acceptors (Lipinski definition) is 6. The maximum Gasteiger partial charge on any atom is 0.237 e. The number of nitrogens with one attached hydrogen (secondary N) is 1. The molecule has 2 rings (SSSR count). The largest absolute Gasteiger partial charge is 0.360 e. The normalized spacial score (nSPS) is 10.8. The molecule has 0 saturated heterocycles. The Labute approximate surface area is 145 Å². The number of aromatic nitrogens is 2. The van der Waals surface area contributed by atoms with Gasteiger partial charge in [-0.1, -0.05) is 55.1 Å². The summed E-state index contributed by atoms with van der Waals surface area (Å²) in [4.78, 5) is 14.2. The van der Waals surface area contributed by atoms with Crippen molar-refractivity contribution in [1.82, 2.24) is 10.2 Å². The lowest BCUT2D eigenvalue weighted by Gasteiger charge is -2.20. The lowest BCUT2D eigenvalue weighted by molar-refractivity contribution is -0.116. The summed E-state index contributed by atoms with van der Waals surface area (Å²) < 4.78 is 0.814. The van der Waals surface area contributed by atoms with Gasteiger partial charge in [0.05, 0.1) is 5.75 Å². The highest BCUT2D eigenvalue weighted by Crippen LogP contribution is 2.26. The molecule has 0 radical (unpaired) electrons. The molecule has 7 heteroatoms. The first kappa shape index (κ1) is 17.7. The average Bonchev–Trinajstić information content (AvgIpc) is 3.01. The zero-order valence-electron chi connectivity index (χ0n) is 13.7. The van der Waals surface area contributed by atoms with Crippen molar-refractivity contribution in [3.63, 3.8) is 0 Å². The van der Waals surface area contributed by atoms with Gasteiger partial charge in [0, 0.05) is 18.8 Å². The minimum atomic E-state index is 0.0792. The highest BCUT2D eigenvalue weighted by Gasteiger charge is 2.15. The first-order chi connectivity index (χ1) is 11.1. The summed E-state index contributed by atoms with van der Waals surface area (Å²) in [6.45, 7) is 7.79. The van der Waals surface area contributed by atoms with Gasteiger partial charge in [-0.25, -0.2) is 0 Å². The zero-order valence-corrected chi connectivity index (χ0v) is 15.3. The first-order valence-electron chi connectivity index (χ1n) is 7.65. The van der Waals surface area contributed by atoms with Gasteiger partial charge in [-0.05, 0) is 25.0 Å². The zero-order chi connectivity index (χ0) is 16.7. The van der Waals surface area contributed by atoms with Gasteiger partial charge < -0.3 is 10.2 Å². The van der Waals surface area contributed by atoms with Gasteiger partial charge in [-0.15, -0.1) is 10.2 Å². The Morgan fingerprint density at radius 3 is 2.70 bits per heavy atom. The molecule has 1 heterocycles. The number of amides is 1. The minimum Gasteiger partial charge on any atom is -0.360 e. The Kier molecular flexibility index (Phi) is 6.85. The number of rotatable bonds is 8. The molecule has 0 spiro atoms. The van der Waals surface area contributed by atoms with Gasteiger partial charge in [0.2, 0.25) is 11.0 Å². The van der Waals surface area contributed by atoms with Crippen LogP contribution in [0.5, 0.6) is 0 Å². The summed E-state index contributed by atoms with van der Waals surface area (Å²) in [7, 11) is 0. The molecule has 124 valence electrons. The Morgan fingerprint density at radius 2 is 2.04 bits per heavy atom. The van der Waals surface area contributed by atoms with Crippen LogP contribution in [-0.2, 0) is 4.79 Å². The summed E-state index contributed by atoms with van der Waals surface area (Å²) in [5.74, 6) is 0.998. The fourth-order valence-electron chi connectivity index (χ4n) is 1.94. The smallest absolute Gasteiger partial charge is 0.237 e. The third kappa shape index (κ3) is 5.51. The van der Waals surface area contributed by atoms with E-state index in [0.717, 1.165) is 21.7 Å². The van der Waals surface area contributed by atoms with E-state index in [9.17, 15) is 4.79 Å². The van der Waals surface area contributed by atoms with Crippen molar-refractivity contribution in [1.29, 1.82) is 0 Å². The summed E-state index contributed by atoms with van der Waals surface area (Å²) in [5, 5.41) is 12.3. The molecule has 1 amide bonds. The van der Waals surface area contributed by atoms with Crippen molar-refractivity contribution < 1.29 is 4.79 Å². The van der Waals surface area contributed by atoms with Crippen molar-refractivity contribution in [3.05, 3.63) is 30.3 Å². The van der Waals surface area contributed by atoms with Crippen molar-refractivity contribution >= 4 is 39.8 Å². The minimum absolute atomic E-state index is 0.0792. The van der Waals surface area contributed by atoms with Crippen LogP contribution in [0.1, 0.15) is 20.8 Å². The Hall–Kier alpha value is -1.60. The molecule has 0 bridgehead atoms. The predicted molar refractivity (Wildman–Crippen MR) is 98.4 cm³/mol. The van der Waals surface area contributed by atoms with E-state index in [-0.39, 0.29) is 5.91 Å². The van der Waals surface area contributed by atoms with E-state index in [4.69, 9.17) is 0 Å². The van der Waals surface area contributed by atoms with Gasteiger partial charge in [-0.2, -0.15) is 0 Å². The number of carbonyl (C=O) groups is 1. The van der Waals surface area contributed by atoms with Gasteiger partial charge in [-0.3, -0.25) is 4.79 Å². The van der Waals surface area contributed by atoms with Crippen LogP contribution in [0.15, 0.2) is 34.7 Å². The molecule has 0 aliphatic rings. The van der Waals surface area contributed by atoms with Crippen molar-refractivity contribution in [2.45, 2.75) is 25.1 Å². The van der Waals surface area contributed by atoms with Crippen molar-refractivity contribution in [3.8, 4) is 0 Å². The molecule has 1 N–H and O–H groups in total. The second kappa shape index (κ2) is 8.88. The summed E-state index contributed by atoms with van der Waals surface area (Å²) in [6, 6.07) is 9.73. The topological polar surface area (TPSA) is 58.1 Å². The van der Waals surface area contributed by atoms with Crippen LogP contribution < -0.4 is 10.2 Å². The van der Waals surface area contributed by atoms with Crippen molar-refractivity contribution in [2.75, 3.05) is 29.1 Å². The Morgan fingerprint density at radius 1 is 1.30 bits per heavy atom. The highest BCUT2D eigenvalue weighted by atomic mass is 32.2. The summed E-state index contributed by atoms with van der Waals surface area (Å²) >= 11 is 2.93. The molecule has 0 fully saturated rings. The van der Waals surface area contributed by atoms with E-state index < -0.39 is 0 Å². The van der Waals surface area contributed by atoms with Crippen LogP contribution in [0.3, 0.4) is 0 Å². The molecule has 1 aromatic heterocycles. The molecular formula is C16H22N4OS2. The molecule has 0 saturated carbocycles. The number of thioether (sulfide) groups is 1. The molecule has 0 aliphatic carbocycles. The monoisotopic (exact) mass is 350 g/mol. The van der Waals surface area contributed by atoms with E-state index in [1.54, 1.807) is 4.90 Å². The standard InChI is InChI=1S/C16H22N4OS2/c1-4-20(13-8-6-5-7-9-13)14(21)11-22-16-19-18-15(23-16)17-10-12(2)3/h5-9,12H,4,10-11H2,1-3H3,(H,17,18). The molecule has 0 unspecified atom stereocenters. The van der Waals surface area contributed by atoms with Crippen LogP contribution in [0.25, 0.3) is 0 Å². The molecule has 0 atom stereocenters. The summed E-state index contributed by atoms with van der Waals surface area (Å²) in [6.07, 6.45) is 0. The predicted octanol–water partition coefficient (Wildman–Crippen LogP) is 3.75. The van der Waals surface area contributed by atoms with Crippen LogP contribution in [0.4, 0.5) is 10.8 Å². The Balaban J connectivity index is 1.88. The lowest BCUT2D eigenvalue weighted by atomic mass is 10.2. The SMILES string of the molecule is CCN(C(=O)CSc1nnc(NCC(C)C)s1)c1ccccc1. The van der Waals surface area contributed by atoms with E-state index >= 15 is 0 Å². The number of para-hydroxylation sites is 1. The molecule has 1 aromatic carbocycles. The molecule has 0 aliphatic heterocycles. The van der Waals surface area contributed by atoms with E-state index in [1.165, 1.54) is 23.1 Å². The van der Waals surface area contributed by atoms with Crippen LogP contribution in [0.2, 0.25) is 0 Å². The summed E-state index contributed by atoms with van der Waals surface area (Å²) in [5.41, 5.74) is 0.928. The highest BCUT2D eigenvalue weighted by molar-refractivity contribution is 8.01. The molecule has 2 aromatic rings. The van der Waals surface area contributed by atoms with E-state index in [2.05, 4.69) is 29.4 Å². The second-order valence-electron chi connectivity index (χ2n) is 5.41. The quantitative estimate of drug-likeness (QED) is 0.735. The number of anilines is 2. The fourth-order valence-corrected chi connectivity index (χ4v) is 3.58. The number of benzene rings is 1. The van der Waals surface area contributed by atoms with E-state index in [1.807, 2.05) is 37.3 Å². The van der Waals surface area contributed by atoms with Crippen LogP contribution in [0, 0.1) is 5.92 Å². The second-order valence-corrected chi connectivity index (χ2v) is 7.61. The Bertz CT molecular complexity index is 616. The fraction of sp³-hybridized carbons (Fsp3) is 0.438. The van der Waals surface area contributed by atoms with E-state index in [0.29, 0.717) is 18.2 Å². The number of hydrogen-bond donors (Lipinski definition) is 1. The number of nitrogens with zero attached hydrogens (tertiary/aromatic N) is 3. The first-order valence-corrected chi connectivity index (χ1v) is 9.46. The molecular weight excluding hydrogens is 328 g/mol. The van der Waals surface area contributed by atoms with Gasteiger partial charge in [0.15, 0.2) is 4.34 Å². The molecule has 5 nitrogen and oxygen atoms in total. The lowest BCUT2D eigenvalue weighted by Crippen LogP contribution is -2.32. The third-order valence-corrected chi connectivity index (χ3v) is 5.07. The maximum absolute atomic E-state index is 12.4. The average molecular weight is 351 g/mol. The third-order valence-electron chi connectivity index (χ3n) is 3.07. The maximum atomic E-state index is 12.4. The van der Waals surface area contributed by atoms with Crippen molar-refractivity contribution in [2.24, 2.45) is 5.92 Å². The van der Waals surface area contributed by atoms with Gasteiger partial charge >= 0.3 is 0 Å². The van der Waals surface area contributed by atoms with Gasteiger partial charge in [0.25, 0.3) is 0 Å². The van der Waals surface area contributed by atoms with Crippen LogP contribution in [-0.4, -0.2) is 34.9 Å². The molecule has 23 heavy (non-hydrogen) atoms.